The molecule has 1 amide bonds. The molecule has 3 heteroatoms. The lowest BCUT2D eigenvalue weighted by molar-refractivity contribution is 0.0249. The summed E-state index contributed by atoms with van der Waals surface area (Å²) in [7, 11) is 0. The Morgan fingerprint density at radius 1 is 1.20 bits per heavy atom. The first-order chi connectivity index (χ1) is 9.46. The number of hydrogen-bond acceptors (Lipinski definition) is 2. The highest BCUT2D eigenvalue weighted by atomic mass is 16.6. The second-order valence-electron chi connectivity index (χ2n) is 6.53. The maximum absolute atomic E-state index is 12.2. The van der Waals surface area contributed by atoms with E-state index in [0.29, 0.717) is 5.92 Å². The summed E-state index contributed by atoms with van der Waals surface area (Å²) in [6, 6.07) is 10.5. The van der Waals surface area contributed by atoms with Crippen LogP contribution in [-0.4, -0.2) is 29.7 Å². The van der Waals surface area contributed by atoms with Gasteiger partial charge in [0.15, 0.2) is 0 Å². The smallest absolute Gasteiger partial charge is 0.410 e. The first-order valence-corrected chi connectivity index (χ1v) is 7.48. The summed E-state index contributed by atoms with van der Waals surface area (Å²) in [4.78, 5) is 14.1. The maximum atomic E-state index is 12.2. The Morgan fingerprint density at radius 2 is 1.90 bits per heavy atom. The van der Waals surface area contributed by atoms with Crippen molar-refractivity contribution in [2.75, 3.05) is 13.1 Å². The fourth-order valence-electron chi connectivity index (χ4n) is 2.63. The van der Waals surface area contributed by atoms with E-state index >= 15 is 0 Å². The second-order valence-corrected chi connectivity index (χ2v) is 6.53. The molecule has 20 heavy (non-hydrogen) atoms. The molecule has 1 aromatic carbocycles. The van der Waals surface area contributed by atoms with Crippen LogP contribution in [-0.2, 0) is 4.74 Å². The molecule has 110 valence electrons. The Labute approximate surface area is 121 Å². The van der Waals surface area contributed by atoms with Gasteiger partial charge in [-0.15, -0.1) is 0 Å². The van der Waals surface area contributed by atoms with Crippen LogP contribution in [0.4, 0.5) is 4.79 Å². The quantitative estimate of drug-likeness (QED) is 0.769. The van der Waals surface area contributed by atoms with Gasteiger partial charge < -0.3 is 9.64 Å². The maximum Gasteiger partial charge on any atom is 0.410 e. The van der Waals surface area contributed by atoms with Gasteiger partial charge in [0.05, 0.1) is 0 Å². The van der Waals surface area contributed by atoms with Crippen LogP contribution in [0.2, 0.25) is 0 Å². The van der Waals surface area contributed by atoms with E-state index in [1.54, 1.807) is 0 Å². The van der Waals surface area contributed by atoms with Crippen LogP contribution < -0.4 is 0 Å². The van der Waals surface area contributed by atoms with Gasteiger partial charge in [-0.25, -0.2) is 4.79 Å². The number of amides is 1. The number of carbonyl (C=O) groups is 1. The van der Waals surface area contributed by atoms with Gasteiger partial charge in [-0.3, -0.25) is 0 Å². The average Bonchev–Trinajstić information content (AvgIpc) is 2.63. The van der Waals surface area contributed by atoms with E-state index in [1.807, 2.05) is 31.7 Å². The fraction of sp³-hybridized carbons (Fsp3) is 0.588. The molecule has 1 atom stereocenters. The van der Waals surface area contributed by atoms with Gasteiger partial charge >= 0.3 is 6.09 Å². The van der Waals surface area contributed by atoms with Gasteiger partial charge in [0.2, 0.25) is 0 Å². The fourth-order valence-corrected chi connectivity index (χ4v) is 2.63. The predicted molar refractivity (Wildman–Crippen MR) is 80.8 cm³/mol. The Hall–Kier alpha value is -1.51. The van der Waals surface area contributed by atoms with Crippen LogP contribution in [0.3, 0.4) is 0 Å². The van der Waals surface area contributed by atoms with Crippen molar-refractivity contribution in [2.24, 2.45) is 0 Å². The molecule has 0 aromatic heterocycles. The Balaban J connectivity index is 2.05. The molecule has 0 bridgehead atoms. The first kappa shape index (κ1) is 14.9. The zero-order valence-corrected chi connectivity index (χ0v) is 12.8. The molecule has 1 heterocycles. The van der Waals surface area contributed by atoms with Crippen LogP contribution >= 0.6 is 0 Å². The number of nitrogens with zero attached hydrogens (tertiary/aromatic N) is 1. The minimum atomic E-state index is -0.425. The van der Waals surface area contributed by atoms with E-state index in [1.165, 1.54) is 12.0 Å². The highest BCUT2D eigenvalue weighted by Gasteiger charge is 2.26. The second kappa shape index (κ2) is 6.29. The standard InChI is InChI=1S/C17H25NO2/c1-17(2,3)20-16(19)18-12-8-7-11-15(13-18)14-9-5-4-6-10-14/h4-6,9-10,15H,7-8,11-13H2,1-3H3. The van der Waals surface area contributed by atoms with E-state index in [4.69, 9.17) is 4.74 Å². The highest BCUT2D eigenvalue weighted by molar-refractivity contribution is 5.68. The van der Waals surface area contributed by atoms with Gasteiger partial charge in [-0.2, -0.15) is 0 Å². The molecule has 3 nitrogen and oxygen atoms in total. The Morgan fingerprint density at radius 3 is 2.55 bits per heavy atom. The van der Waals surface area contributed by atoms with Gasteiger partial charge in [-0.1, -0.05) is 36.8 Å². The number of ether oxygens (including phenoxy) is 1. The molecule has 1 fully saturated rings. The van der Waals surface area contributed by atoms with E-state index in [2.05, 4.69) is 24.3 Å². The molecule has 0 N–H and O–H groups in total. The minimum Gasteiger partial charge on any atom is -0.444 e. The zero-order valence-electron chi connectivity index (χ0n) is 12.8. The molecule has 0 radical (unpaired) electrons. The van der Waals surface area contributed by atoms with E-state index < -0.39 is 5.60 Å². The number of likely N-dealkylation sites (tertiary alicyclic amines) is 1. The predicted octanol–water partition coefficient (Wildman–Crippen LogP) is 4.19. The summed E-state index contributed by atoms with van der Waals surface area (Å²) in [6.07, 6.45) is 3.19. The third kappa shape index (κ3) is 4.26. The van der Waals surface area contributed by atoms with Crippen LogP contribution in [0.5, 0.6) is 0 Å². The van der Waals surface area contributed by atoms with Crippen molar-refractivity contribution in [3.8, 4) is 0 Å². The van der Waals surface area contributed by atoms with Crippen molar-refractivity contribution in [1.29, 1.82) is 0 Å². The summed E-state index contributed by atoms with van der Waals surface area (Å²) < 4.78 is 5.50. The molecule has 0 aliphatic carbocycles. The van der Waals surface area contributed by atoms with E-state index in [-0.39, 0.29) is 6.09 Å². The molecule has 1 aromatic rings. The largest absolute Gasteiger partial charge is 0.444 e. The van der Waals surface area contributed by atoms with Crippen molar-refractivity contribution in [3.05, 3.63) is 35.9 Å². The van der Waals surface area contributed by atoms with Gasteiger partial charge in [0.25, 0.3) is 0 Å². The summed E-state index contributed by atoms with van der Waals surface area (Å²) in [5.74, 6) is 0.422. The average molecular weight is 275 g/mol. The normalized spacial score (nSPS) is 20.4. The van der Waals surface area contributed by atoms with Gasteiger partial charge in [0.1, 0.15) is 5.60 Å². The molecule has 1 aliphatic rings. The molecule has 0 saturated carbocycles. The molecular formula is C17H25NO2. The first-order valence-electron chi connectivity index (χ1n) is 7.48. The number of benzene rings is 1. The Bertz CT molecular complexity index is 436. The number of carbonyl (C=O) groups excluding carboxylic acids is 1. The van der Waals surface area contributed by atoms with E-state index in [0.717, 1.165) is 25.9 Å². The van der Waals surface area contributed by atoms with Crippen molar-refractivity contribution in [2.45, 2.75) is 51.6 Å². The molecule has 1 saturated heterocycles. The summed E-state index contributed by atoms with van der Waals surface area (Å²) in [5.41, 5.74) is 0.897. The monoisotopic (exact) mass is 275 g/mol. The van der Waals surface area contributed by atoms with Gasteiger partial charge in [-0.05, 0) is 39.2 Å². The van der Waals surface area contributed by atoms with Gasteiger partial charge in [0, 0.05) is 19.0 Å². The highest BCUT2D eigenvalue weighted by Crippen LogP contribution is 2.27. The van der Waals surface area contributed by atoms with Crippen LogP contribution in [0.25, 0.3) is 0 Å². The Kier molecular flexibility index (Phi) is 4.69. The lowest BCUT2D eigenvalue weighted by atomic mass is 9.94. The van der Waals surface area contributed by atoms with Crippen LogP contribution in [0.1, 0.15) is 51.5 Å². The summed E-state index contributed by atoms with van der Waals surface area (Å²) in [6.45, 7) is 7.31. The van der Waals surface area contributed by atoms with Crippen molar-refractivity contribution < 1.29 is 9.53 Å². The third-order valence-corrected chi connectivity index (χ3v) is 3.59. The minimum absolute atomic E-state index is 0.180. The molecule has 2 rings (SSSR count). The van der Waals surface area contributed by atoms with Crippen molar-refractivity contribution in [3.63, 3.8) is 0 Å². The summed E-state index contributed by atoms with van der Waals surface area (Å²) in [5, 5.41) is 0. The van der Waals surface area contributed by atoms with Crippen molar-refractivity contribution in [1.82, 2.24) is 4.90 Å². The van der Waals surface area contributed by atoms with E-state index in [9.17, 15) is 4.79 Å². The van der Waals surface area contributed by atoms with Crippen LogP contribution in [0.15, 0.2) is 30.3 Å². The topological polar surface area (TPSA) is 29.5 Å². The summed E-state index contributed by atoms with van der Waals surface area (Å²) >= 11 is 0. The lowest BCUT2D eigenvalue weighted by Crippen LogP contribution is -2.38. The third-order valence-electron chi connectivity index (χ3n) is 3.59. The number of rotatable bonds is 1. The zero-order chi connectivity index (χ0) is 14.6. The SMILES string of the molecule is CC(C)(C)OC(=O)N1CCCCC(c2ccccc2)C1. The number of hydrogen-bond donors (Lipinski definition) is 0. The molecular weight excluding hydrogens is 250 g/mol. The van der Waals surface area contributed by atoms with Crippen LogP contribution in [0, 0.1) is 0 Å². The lowest BCUT2D eigenvalue weighted by Gasteiger charge is -2.28. The molecule has 0 spiro atoms. The molecule has 1 unspecified atom stereocenters. The molecule has 1 aliphatic heterocycles. The van der Waals surface area contributed by atoms with Crippen molar-refractivity contribution >= 4 is 6.09 Å².